The fourth-order valence-electron chi connectivity index (χ4n) is 4.64. The first-order valence-corrected chi connectivity index (χ1v) is 14.0. The minimum atomic E-state index is -3.44. The Hall–Kier alpha value is -1.16. The Kier molecular flexibility index (Phi) is 9.79. The monoisotopic (exact) mass is 447 g/mol. The Bertz CT molecular complexity index is 804. The predicted octanol–water partition coefficient (Wildman–Crippen LogP) is 7.70. The first kappa shape index (κ1) is 26.1. The quantitative estimate of drug-likeness (QED) is 0.364. The normalized spacial score (nSPS) is 22.8. The number of benzene rings is 1. The van der Waals surface area contributed by atoms with Crippen LogP contribution in [0.4, 0.5) is 0 Å². The standard InChI is InChI=1S/C23H37NO2S.C4H8/c1-6-8-9-11-20(10-7-2)21-14-12-19(13-15-21)16-22-23(4,5)17-18(3)24-27(22,25)26;1-4-2-3-4/h12-15,20,22H,6-11,16-17H2,1-5H3;4H,2-3H2,1H3/t20?,22-;/m0./s1. The minimum Gasteiger partial charge on any atom is -0.204 e. The highest BCUT2D eigenvalue weighted by Gasteiger charge is 2.43. The first-order chi connectivity index (χ1) is 14.6. The molecule has 2 atom stereocenters. The van der Waals surface area contributed by atoms with Crippen LogP contribution in [0.1, 0.15) is 116 Å². The summed E-state index contributed by atoms with van der Waals surface area (Å²) < 4.78 is 29.3. The summed E-state index contributed by atoms with van der Waals surface area (Å²) in [7, 11) is -3.44. The van der Waals surface area contributed by atoms with E-state index in [0.29, 0.717) is 12.3 Å². The topological polar surface area (TPSA) is 46.5 Å². The molecule has 1 saturated carbocycles. The number of hydrogen-bond acceptors (Lipinski definition) is 2. The Labute approximate surface area is 192 Å². The molecule has 4 heteroatoms. The van der Waals surface area contributed by atoms with Crippen LogP contribution in [0.3, 0.4) is 0 Å². The van der Waals surface area contributed by atoms with Gasteiger partial charge in [0.15, 0.2) is 0 Å². The molecule has 1 aromatic rings. The number of sulfonamides is 1. The fraction of sp³-hybridized carbons (Fsp3) is 0.741. The molecule has 0 N–H and O–H groups in total. The summed E-state index contributed by atoms with van der Waals surface area (Å²) in [4.78, 5) is 0. The molecule has 0 spiro atoms. The maximum Gasteiger partial charge on any atom is 0.256 e. The molecule has 0 radical (unpaired) electrons. The summed E-state index contributed by atoms with van der Waals surface area (Å²) in [6, 6.07) is 8.71. The van der Waals surface area contributed by atoms with Crippen molar-refractivity contribution in [3.05, 3.63) is 35.4 Å². The third kappa shape index (κ3) is 8.36. The molecule has 0 amide bonds. The number of unbranched alkanes of at least 4 members (excludes halogenated alkanes) is 2. The van der Waals surface area contributed by atoms with Gasteiger partial charge < -0.3 is 0 Å². The molecule has 3 nitrogen and oxygen atoms in total. The number of nitrogens with zero attached hydrogens (tertiary/aromatic N) is 1. The molecule has 176 valence electrons. The molecule has 0 bridgehead atoms. The van der Waals surface area contributed by atoms with E-state index < -0.39 is 15.3 Å². The van der Waals surface area contributed by atoms with Crippen molar-refractivity contribution >= 4 is 15.7 Å². The van der Waals surface area contributed by atoms with Crippen LogP contribution < -0.4 is 0 Å². The molecule has 1 aliphatic carbocycles. The summed E-state index contributed by atoms with van der Waals surface area (Å²) in [5, 5.41) is -0.449. The van der Waals surface area contributed by atoms with Crippen LogP contribution in [0.2, 0.25) is 0 Å². The Morgan fingerprint density at radius 1 is 1.03 bits per heavy atom. The molecule has 1 fully saturated rings. The van der Waals surface area contributed by atoms with E-state index in [2.05, 4.69) is 49.4 Å². The smallest absolute Gasteiger partial charge is 0.204 e. The molecule has 1 aliphatic heterocycles. The molecule has 0 saturated heterocycles. The third-order valence-corrected chi connectivity index (χ3v) is 8.85. The van der Waals surface area contributed by atoms with Crippen LogP contribution in [0.15, 0.2) is 28.7 Å². The van der Waals surface area contributed by atoms with E-state index in [4.69, 9.17) is 0 Å². The second kappa shape index (κ2) is 11.6. The first-order valence-electron chi connectivity index (χ1n) is 12.5. The lowest BCUT2D eigenvalue weighted by atomic mass is 9.80. The zero-order valence-corrected chi connectivity index (χ0v) is 21.6. The molecule has 1 heterocycles. The summed E-state index contributed by atoms with van der Waals surface area (Å²) in [6.07, 6.45) is 11.8. The average molecular weight is 448 g/mol. The molecule has 3 rings (SSSR count). The summed E-state index contributed by atoms with van der Waals surface area (Å²) in [5.41, 5.74) is 2.94. The largest absolute Gasteiger partial charge is 0.256 e. The lowest BCUT2D eigenvalue weighted by molar-refractivity contribution is 0.343. The van der Waals surface area contributed by atoms with Crippen LogP contribution in [0.25, 0.3) is 0 Å². The highest BCUT2D eigenvalue weighted by Crippen LogP contribution is 2.38. The van der Waals surface area contributed by atoms with Gasteiger partial charge in [-0.15, -0.1) is 0 Å². The van der Waals surface area contributed by atoms with E-state index in [1.165, 1.54) is 56.9 Å². The molecule has 31 heavy (non-hydrogen) atoms. The van der Waals surface area contributed by atoms with Crippen LogP contribution in [-0.4, -0.2) is 19.4 Å². The summed E-state index contributed by atoms with van der Waals surface area (Å²) in [5.74, 6) is 1.71. The van der Waals surface area contributed by atoms with Gasteiger partial charge in [0.2, 0.25) is 0 Å². The van der Waals surface area contributed by atoms with Crippen LogP contribution in [0, 0.1) is 11.3 Å². The number of rotatable bonds is 9. The van der Waals surface area contributed by atoms with E-state index in [1.807, 2.05) is 20.8 Å². The lowest BCUT2D eigenvalue weighted by Gasteiger charge is -2.36. The van der Waals surface area contributed by atoms with Gasteiger partial charge in [0.1, 0.15) is 0 Å². The molecule has 1 aromatic carbocycles. The Morgan fingerprint density at radius 3 is 2.13 bits per heavy atom. The molecule has 1 unspecified atom stereocenters. The molecular formula is C27H45NO2S. The van der Waals surface area contributed by atoms with Crippen LogP contribution in [0.5, 0.6) is 0 Å². The summed E-state index contributed by atoms with van der Waals surface area (Å²) in [6.45, 7) is 12.7. The molecular weight excluding hydrogens is 402 g/mol. The van der Waals surface area contributed by atoms with Crippen molar-refractivity contribution in [3.8, 4) is 0 Å². The second-order valence-corrected chi connectivity index (χ2v) is 12.4. The van der Waals surface area contributed by atoms with E-state index in [0.717, 1.165) is 23.6 Å². The second-order valence-electron chi connectivity index (χ2n) is 10.6. The van der Waals surface area contributed by atoms with Crippen molar-refractivity contribution in [3.63, 3.8) is 0 Å². The minimum absolute atomic E-state index is 0.283. The van der Waals surface area contributed by atoms with Gasteiger partial charge in [0.05, 0.1) is 5.25 Å². The third-order valence-electron chi connectivity index (χ3n) is 6.76. The van der Waals surface area contributed by atoms with Gasteiger partial charge in [0, 0.05) is 5.71 Å². The summed E-state index contributed by atoms with van der Waals surface area (Å²) >= 11 is 0. The van der Waals surface area contributed by atoms with Gasteiger partial charge in [-0.05, 0) is 61.0 Å². The highest BCUT2D eigenvalue weighted by atomic mass is 32.2. The number of hydrogen-bond donors (Lipinski definition) is 0. The van der Waals surface area contributed by atoms with Gasteiger partial charge in [-0.25, -0.2) is 8.42 Å². The van der Waals surface area contributed by atoms with Gasteiger partial charge in [-0.1, -0.05) is 97.4 Å². The maximum atomic E-state index is 12.6. The van der Waals surface area contributed by atoms with Crippen molar-refractivity contribution in [1.82, 2.24) is 0 Å². The Balaban J connectivity index is 0.000000762. The van der Waals surface area contributed by atoms with Crippen molar-refractivity contribution < 1.29 is 8.42 Å². The van der Waals surface area contributed by atoms with Crippen LogP contribution in [-0.2, 0) is 16.4 Å². The molecule has 0 aromatic heterocycles. The molecule has 2 aliphatic rings. The average Bonchev–Trinajstić information content (AvgIpc) is 3.46. The van der Waals surface area contributed by atoms with Gasteiger partial charge in [0.25, 0.3) is 10.0 Å². The van der Waals surface area contributed by atoms with E-state index in [-0.39, 0.29) is 5.41 Å². The van der Waals surface area contributed by atoms with Crippen molar-refractivity contribution in [1.29, 1.82) is 0 Å². The van der Waals surface area contributed by atoms with E-state index >= 15 is 0 Å². The van der Waals surface area contributed by atoms with Gasteiger partial charge in [-0.3, -0.25) is 0 Å². The van der Waals surface area contributed by atoms with Crippen molar-refractivity contribution in [2.75, 3.05) is 0 Å². The SMILES string of the molecule is CC1CC1.CCCCCC(CCC)c1ccc(C[C@H]2C(C)(C)CC(C)=NS2(=O)=O)cc1. The highest BCUT2D eigenvalue weighted by molar-refractivity contribution is 7.91. The zero-order chi connectivity index (χ0) is 23.1. The predicted molar refractivity (Wildman–Crippen MR) is 135 cm³/mol. The van der Waals surface area contributed by atoms with Crippen LogP contribution >= 0.6 is 0 Å². The lowest BCUT2D eigenvalue weighted by Crippen LogP contribution is -2.42. The van der Waals surface area contributed by atoms with Gasteiger partial charge in [-0.2, -0.15) is 4.40 Å². The maximum absolute atomic E-state index is 12.6. The van der Waals surface area contributed by atoms with Gasteiger partial charge >= 0.3 is 0 Å². The zero-order valence-electron chi connectivity index (χ0n) is 20.8. The van der Waals surface area contributed by atoms with E-state index in [1.54, 1.807) is 0 Å². The fourth-order valence-corrected chi connectivity index (χ4v) is 6.56. The van der Waals surface area contributed by atoms with Crippen molar-refractivity contribution in [2.24, 2.45) is 15.7 Å². The Morgan fingerprint density at radius 2 is 1.65 bits per heavy atom. The van der Waals surface area contributed by atoms with Crippen molar-refractivity contribution in [2.45, 2.75) is 117 Å². The van der Waals surface area contributed by atoms with E-state index in [9.17, 15) is 8.42 Å².